The van der Waals surface area contributed by atoms with Crippen molar-refractivity contribution in [2.45, 2.75) is 12.8 Å². The lowest BCUT2D eigenvalue weighted by molar-refractivity contribution is -0.384. The van der Waals surface area contributed by atoms with E-state index in [1.165, 1.54) is 12.1 Å². The second-order valence-corrected chi connectivity index (χ2v) is 7.04. The Morgan fingerprint density at radius 2 is 1.83 bits per heavy atom. The van der Waals surface area contributed by atoms with Crippen LogP contribution in [-0.4, -0.2) is 28.9 Å². The Balaban J connectivity index is 1.70. The van der Waals surface area contributed by atoms with E-state index in [2.05, 4.69) is 4.90 Å². The molecule has 148 valence electrons. The van der Waals surface area contributed by atoms with Gasteiger partial charge in [-0.3, -0.25) is 14.9 Å². The van der Waals surface area contributed by atoms with Crippen LogP contribution in [0.5, 0.6) is 0 Å². The third-order valence-electron chi connectivity index (χ3n) is 5.22. The molecule has 1 saturated heterocycles. The molecule has 0 aliphatic carbocycles. The monoisotopic (exact) mass is 392 g/mol. The largest absolute Gasteiger partial charge is 0.463 e. The van der Waals surface area contributed by atoms with Gasteiger partial charge >= 0.3 is 0 Å². The molecule has 29 heavy (non-hydrogen) atoms. The van der Waals surface area contributed by atoms with Crippen LogP contribution < -0.4 is 10.6 Å². The van der Waals surface area contributed by atoms with Crippen LogP contribution in [-0.2, 0) is 4.79 Å². The molecule has 2 aromatic heterocycles. The van der Waals surface area contributed by atoms with Crippen LogP contribution in [0.4, 0.5) is 11.4 Å². The molecule has 2 N–H and O–H groups in total. The first-order valence-electron chi connectivity index (χ1n) is 9.36. The van der Waals surface area contributed by atoms with Crippen LogP contribution in [0.3, 0.4) is 0 Å². The highest BCUT2D eigenvalue weighted by molar-refractivity contribution is 5.77. The molecule has 1 aromatic carbocycles. The fraction of sp³-hybridized carbons (Fsp3) is 0.238. The predicted octanol–water partition coefficient (Wildman–Crippen LogP) is 3.62. The highest BCUT2D eigenvalue weighted by atomic mass is 16.6. The van der Waals surface area contributed by atoms with Crippen molar-refractivity contribution in [3.63, 3.8) is 0 Å². The van der Waals surface area contributed by atoms with Gasteiger partial charge in [0, 0.05) is 42.4 Å². The third kappa shape index (κ3) is 3.96. The molecule has 0 spiro atoms. The van der Waals surface area contributed by atoms with Crippen LogP contribution in [0.2, 0.25) is 0 Å². The topological polar surface area (TPSA) is 116 Å². The number of nitro groups is 1. The lowest BCUT2D eigenvalue weighted by Crippen LogP contribution is -2.38. The number of amides is 1. The summed E-state index contributed by atoms with van der Waals surface area (Å²) in [7, 11) is 0. The van der Waals surface area contributed by atoms with Gasteiger partial charge in [0.15, 0.2) is 5.76 Å². The number of furan rings is 1. The van der Waals surface area contributed by atoms with E-state index in [9.17, 15) is 14.9 Å². The normalized spacial score (nSPS) is 14.7. The number of hydrogen-bond donors (Lipinski definition) is 1. The number of anilines is 1. The first-order chi connectivity index (χ1) is 14.0. The van der Waals surface area contributed by atoms with Gasteiger partial charge in [0.2, 0.25) is 5.91 Å². The Morgan fingerprint density at radius 3 is 2.41 bits per heavy atom. The standard InChI is InChI=1S/C21H20N4O4/c22-21(26)15-7-9-24(10-8-15)17-12-18(14-3-5-16(6-4-14)25(27)28)23-19(13-17)20-2-1-11-29-20/h1-6,11-13,15H,7-10H2,(H2,22,26). The van der Waals surface area contributed by atoms with E-state index in [1.807, 2.05) is 18.2 Å². The van der Waals surface area contributed by atoms with Gasteiger partial charge in [-0.05, 0) is 49.2 Å². The Bertz CT molecular complexity index is 1020. The van der Waals surface area contributed by atoms with Crippen LogP contribution in [0, 0.1) is 16.0 Å². The van der Waals surface area contributed by atoms with Gasteiger partial charge in [-0.2, -0.15) is 0 Å². The summed E-state index contributed by atoms with van der Waals surface area (Å²) in [5.74, 6) is 0.302. The summed E-state index contributed by atoms with van der Waals surface area (Å²) in [5.41, 5.74) is 8.59. The van der Waals surface area contributed by atoms with Crippen molar-refractivity contribution in [3.05, 3.63) is 64.9 Å². The summed E-state index contributed by atoms with van der Waals surface area (Å²) in [6, 6.07) is 13.9. The zero-order valence-corrected chi connectivity index (χ0v) is 15.7. The molecular formula is C21H20N4O4. The number of carbonyl (C=O) groups excluding carboxylic acids is 1. The van der Waals surface area contributed by atoms with Crippen molar-refractivity contribution in [1.82, 2.24) is 4.98 Å². The molecule has 8 heteroatoms. The molecule has 0 atom stereocenters. The Labute approximate surface area is 167 Å². The number of piperidine rings is 1. The van der Waals surface area contributed by atoms with E-state index >= 15 is 0 Å². The second kappa shape index (κ2) is 7.75. The number of hydrogen-bond acceptors (Lipinski definition) is 6. The van der Waals surface area contributed by atoms with Crippen molar-refractivity contribution in [2.75, 3.05) is 18.0 Å². The summed E-state index contributed by atoms with van der Waals surface area (Å²) in [4.78, 5) is 28.9. The smallest absolute Gasteiger partial charge is 0.269 e. The number of pyridine rings is 1. The number of nitro benzene ring substituents is 1. The highest BCUT2D eigenvalue weighted by Gasteiger charge is 2.24. The molecule has 1 fully saturated rings. The molecule has 0 radical (unpaired) electrons. The molecule has 0 bridgehead atoms. The van der Waals surface area contributed by atoms with Crippen molar-refractivity contribution in [2.24, 2.45) is 11.7 Å². The Morgan fingerprint density at radius 1 is 1.14 bits per heavy atom. The molecule has 3 heterocycles. The molecular weight excluding hydrogens is 372 g/mol. The number of non-ortho nitro benzene ring substituents is 1. The lowest BCUT2D eigenvalue weighted by atomic mass is 9.95. The summed E-state index contributed by atoms with van der Waals surface area (Å²) in [6.45, 7) is 1.43. The average Bonchev–Trinajstić information content (AvgIpc) is 3.28. The maximum atomic E-state index is 11.5. The first kappa shape index (κ1) is 18.7. The van der Waals surface area contributed by atoms with E-state index < -0.39 is 4.92 Å². The second-order valence-electron chi connectivity index (χ2n) is 7.04. The van der Waals surface area contributed by atoms with Crippen LogP contribution in [0.1, 0.15) is 12.8 Å². The van der Waals surface area contributed by atoms with Crippen molar-refractivity contribution in [1.29, 1.82) is 0 Å². The molecule has 1 amide bonds. The maximum Gasteiger partial charge on any atom is 0.269 e. The number of nitrogens with two attached hydrogens (primary N) is 1. The minimum Gasteiger partial charge on any atom is -0.463 e. The third-order valence-corrected chi connectivity index (χ3v) is 5.22. The van der Waals surface area contributed by atoms with E-state index in [0.29, 0.717) is 30.0 Å². The molecule has 1 aliphatic heterocycles. The van der Waals surface area contributed by atoms with Gasteiger partial charge in [0.05, 0.1) is 16.9 Å². The average molecular weight is 392 g/mol. The van der Waals surface area contributed by atoms with Crippen molar-refractivity contribution < 1.29 is 14.1 Å². The number of carbonyl (C=O) groups is 1. The van der Waals surface area contributed by atoms with Gasteiger partial charge in [-0.25, -0.2) is 4.98 Å². The summed E-state index contributed by atoms with van der Waals surface area (Å²) in [5, 5.41) is 10.9. The molecule has 3 aromatic rings. The zero-order chi connectivity index (χ0) is 20.4. The molecule has 4 rings (SSSR count). The Hall–Kier alpha value is -3.68. The zero-order valence-electron chi connectivity index (χ0n) is 15.7. The van der Waals surface area contributed by atoms with Gasteiger partial charge in [0.1, 0.15) is 5.69 Å². The summed E-state index contributed by atoms with van der Waals surface area (Å²) < 4.78 is 5.52. The molecule has 1 aliphatic rings. The Kier molecular flexibility index (Phi) is 4.99. The van der Waals surface area contributed by atoms with E-state index in [0.717, 1.165) is 24.3 Å². The fourth-order valence-corrected chi connectivity index (χ4v) is 3.57. The molecule has 0 unspecified atom stereocenters. The number of nitrogens with zero attached hydrogens (tertiary/aromatic N) is 3. The lowest BCUT2D eigenvalue weighted by Gasteiger charge is -2.32. The number of aromatic nitrogens is 1. The first-order valence-corrected chi connectivity index (χ1v) is 9.36. The van der Waals surface area contributed by atoms with Gasteiger partial charge in [-0.15, -0.1) is 0 Å². The SMILES string of the molecule is NC(=O)C1CCN(c2cc(-c3ccc([N+](=O)[O-])cc3)nc(-c3ccco3)c2)CC1. The maximum absolute atomic E-state index is 11.5. The van der Waals surface area contributed by atoms with Crippen LogP contribution >= 0.6 is 0 Å². The predicted molar refractivity (Wildman–Crippen MR) is 108 cm³/mol. The summed E-state index contributed by atoms with van der Waals surface area (Å²) in [6.07, 6.45) is 3.01. The molecule has 0 saturated carbocycles. The number of benzene rings is 1. The van der Waals surface area contributed by atoms with Crippen molar-refractivity contribution in [3.8, 4) is 22.7 Å². The van der Waals surface area contributed by atoms with E-state index in [1.54, 1.807) is 24.5 Å². The fourth-order valence-electron chi connectivity index (χ4n) is 3.57. The van der Waals surface area contributed by atoms with Gasteiger partial charge in [-0.1, -0.05) is 0 Å². The quantitative estimate of drug-likeness (QED) is 0.524. The van der Waals surface area contributed by atoms with E-state index in [4.69, 9.17) is 15.1 Å². The van der Waals surface area contributed by atoms with Crippen molar-refractivity contribution >= 4 is 17.3 Å². The van der Waals surface area contributed by atoms with Gasteiger partial charge < -0.3 is 15.1 Å². The number of primary amides is 1. The minimum atomic E-state index is -0.426. The van der Waals surface area contributed by atoms with E-state index in [-0.39, 0.29) is 17.5 Å². The minimum absolute atomic E-state index is 0.0321. The van der Waals surface area contributed by atoms with Crippen LogP contribution in [0.15, 0.2) is 59.2 Å². The van der Waals surface area contributed by atoms with Crippen LogP contribution in [0.25, 0.3) is 22.7 Å². The highest BCUT2D eigenvalue weighted by Crippen LogP contribution is 2.32. The molecule has 8 nitrogen and oxygen atoms in total. The van der Waals surface area contributed by atoms with Gasteiger partial charge in [0.25, 0.3) is 5.69 Å². The number of rotatable bonds is 5. The summed E-state index contributed by atoms with van der Waals surface area (Å²) >= 11 is 0.